The lowest BCUT2D eigenvalue weighted by Crippen LogP contribution is -1.96. The molecule has 0 N–H and O–H groups in total. The van der Waals surface area contributed by atoms with Crippen molar-refractivity contribution in [1.82, 2.24) is 9.97 Å². The van der Waals surface area contributed by atoms with Crippen LogP contribution in [0.2, 0.25) is 0 Å². The SMILES string of the molecule is c1ccc(Oc2cccc(-c3nc(COCc4ccccn4)co3)c2)cc1. The van der Waals surface area contributed by atoms with Crippen molar-refractivity contribution in [3.05, 3.63) is 96.6 Å². The number of hydrogen-bond donors (Lipinski definition) is 0. The zero-order valence-corrected chi connectivity index (χ0v) is 14.6. The molecule has 0 unspecified atom stereocenters. The number of benzene rings is 2. The molecule has 134 valence electrons. The van der Waals surface area contributed by atoms with Crippen LogP contribution in [0.1, 0.15) is 11.4 Å². The molecule has 4 rings (SSSR count). The van der Waals surface area contributed by atoms with Crippen LogP contribution in [-0.2, 0) is 18.0 Å². The summed E-state index contributed by atoms with van der Waals surface area (Å²) in [5.74, 6) is 2.04. The minimum atomic E-state index is 0.361. The Hall–Kier alpha value is -3.44. The predicted octanol–water partition coefficient (Wildman–Crippen LogP) is 5.25. The topological polar surface area (TPSA) is 57.4 Å². The lowest BCUT2D eigenvalue weighted by molar-refractivity contribution is 0.102. The minimum Gasteiger partial charge on any atom is -0.457 e. The Balaban J connectivity index is 1.40. The number of aromatic nitrogens is 2. The fourth-order valence-electron chi connectivity index (χ4n) is 2.57. The third kappa shape index (κ3) is 4.59. The molecule has 5 heteroatoms. The lowest BCUT2D eigenvalue weighted by atomic mass is 10.2. The summed E-state index contributed by atoms with van der Waals surface area (Å²) in [6.07, 6.45) is 3.36. The lowest BCUT2D eigenvalue weighted by Gasteiger charge is -2.06. The highest BCUT2D eigenvalue weighted by Gasteiger charge is 2.09. The minimum absolute atomic E-state index is 0.361. The van der Waals surface area contributed by atoms with Gasteiger partial charge in [0.15, 0.2) is 0 Å². The third-order valence-corrected chi connectivity index (χ3v) is 3.84. The Kier molecular flexibility index (Phi) is 5.22. The highest BCUT2D eigenvalue weighted by Crippen LogP contribution is 2.27. The molecule has 0 aliphatic heterocycles. The maximum absolute atomic E-state index is 5.86. The van der Waals surface area contributed by atoms with Crippen molar-refractivity contribution in [3.8, 4) is 23.0 Å². The summed E-state index contributed by atoms with van der Waals surface area (Å²) >= 11 is 0. The Morgan fingerprint density at radius 3 is 2.44 bits per heavy atom. The number of para-hydroxylation sites is 1. The van der Waals surface area contributed by atoms with E-state index in [1.54, 1.807) is 12.5 Å². The van der Waals surface area contributed by atoms with Crippen molar-refractivity contribution in [2.24, 2.45) is 0 Å². The van der Waals surface area contributed by atoms with Crippen molar-refractivity contribution >= 4 is 0 Å². The van der Waals surface area contributed by atoms with Crippen molar-refractivity contribution < 1.29 is 13.9 Å². The third-order valence-electron chi connectivity index (χ3n) is 3.84. The van der Waals surface area contributed by atoms with Gasteiger partial charge in [-0.2, -0.15) is 0 Å². The van der Waals surface area contributed by atoms with Gasteiger partial charge in [-0.3, -0.25) is 4.98 Å². The molecule has 0 radical (unpaired) electrons. The fourth-order valence-corrected chi connectivity index (χ4v) is 2.57. The highest BCUT2D eigenvalue weighted by molar-refractivity contribution is 5.56. The molecule has 0 atom stereocenters. The molecule has 0 aliphatic carbocycles. The zero-order valence-electron chi connectivity index (χ0n) is 14.6. The maximum atomic E-state index is 5.86. The van der Waals surface area contributed by atoms with Gasteiger partial charge in [0.2, 0.25) is 5.89 Å². The van der Waals surface area contributed by atoms with E-state index in [2.05, 4.69) is 9.97 Å². The second-order valence-electron chi connectivity index (χ2n) is 5.90. The van der Waals surface area contributed by atoms with Crippen LogP contribution >= 0.6 is 0 Å². The van der Waals surface area contributed by atoms with Crippen LogP contribution in [0.25, 0.3) is 11.5 Å². The van der Waals surface area contributed by atoms with Gasteiger partial charge in [-0.15, -0.1) is 0 Å². The van der Waals surface area contributed by atoms with E-state index in [-0.39, 0.29) is 0 Å². The first-order valence-corrected chi connectivity index (χ1v) is 8.62. The summed E-state index contributed by atoms with van der Waals surface area (Å²) in [7, 11) is 0. The summed E-state index contributed by atoms with van der Waals surface area (Å²) in [5, 5.41) is 0. The van der Waals surface area contributed by atoms with Gasteiger partial charge in [0.05, 0.1) is 18.9 Å². The summed E-state index contributed by atoms with van der Waals surface area (Å²) < 4.78 is 17.1. The number of pyridine rings is 1. The van der Waals surface area contributed by atoms with Gasteiger partial charge in [-0.25, -0.2) is 4.98 Å². The van der Waals surface area contributed by atoms with E-state index >= 15 is 0 Å². The van der Waals surface area contributed by atoms with Gasteiger partial charge >= 0.3 is 0 Å². The van der Waals surface area contributed by atoms with Crippen LogP contribution in [0, 0.1) is 0 Å². The summed E-state index contributed by atoms with van der Waals surface area (Å²) in [6.45, 7) is 0.795. The van der Waals surface area contributed by atoms with Gasteiger partial charge in [0.25, 0.3) is 0 Å². The molecular weight excluding hydrogens is 340 g/mol. The van der Waals surface area contributed by atoms with Crippen LogP contribution in [0.4, 0.5) is 0 Å². The summed E-state index contributed by atoms with van der Waals surface area (Å²) in [6, 6.07) is 23.0. The van der Waals surface area contributed by atoms with E-state index in [0.717, 1.165) is 28.5 Å². The standard InChI is InChI=1S/C22H18N2O3/c1-2-9-20(10-3-1)27-21-11-6-7-17(13-21)22-24-19(16-26-22)15-25-14-18-8-4-5-12-23-18/h1-13,16H,14-15H2. The molecule has 27 heavy (non-hydrogen) atoms. The molecule has 0 saturated carbocycles. The molecule has 2 aromatic heterocycles. The molecule has 0 amide bonds. The van der Waals surface area contributed by atoms with Gasteiger partial charge in [-0.05, 0) is 42.5 Å². The molecule has 0 aliphatic rings. The quantitative estimate of drug-likeness (QED) is 0.452. The highest BCUT2D eigenvalue weighted by atomic mass is 16.5. The first-order chi connectivity index (χ1) is 13.4. The Morgan fingerprint density at radius 2 is 1.59 bits per heavy atom. The number of hydrogen-bond acceptors (Lipinski definition) is 5. The normalized spacial score (nSPS) is 10.7. The molecule has 0 bridgehead atoms. The van der Waals surface area contributed by atoms with Crippen molar-refractivity contribution in [3.63, 3.8) is 0 Å². The van der Waals surface area contributed by atoms with Crippen LogP contribution in [0.3, 0.4) is 0 Å². The number of nitrogens with zero attached hydrogens (tertiary/aromatic N) is 2. The molecule has 0 fully saturated rings. The van der Waals surface area contributed by atoms with Crippen LogP contribution < -0.4 is 4.74 Å². The van der Waals surface area contributed by atoms with E-state index < -0.39 is 0 Å². The summed E-state index contributed by atoms with van der Waals surface area (Å²) in [4.78, 5) is 8.72. The second-order valence-corrected chi connectivity index (χ2v) is 5.90. The fraction of sp³-hybridized carbons (Fsp3) is 0.0909. The molecule has 5 nitrogen and oxygen atoms in total. The second kappa shape index (κ2) is 8.29. The molecular formula is C22H18N2O3. The molecule has 4 aromatic rings. The van der Waals surface area contributed by atoms with Crippen molar-refractivity contribution in [2.75, 3.05) is 0 Å². The number of rotatable bonds is 7. The maximum Gasteiger partial charge on any atom is 0.226 e. The first-order valence-electron chi connectivity index (χ1n) is 8.62. The molecule has 0 saturated heterocycles. The average Bonchev–Trinajstić information content (AvgIpc) is 3.19. The largest absolute Gasteiger partial charge is 0.457 e. The molecule has 0 spiro atoms. The number of oxazole rings is 1. The average molecular weight is 358 g/mol. The van der Waals surface area contributed by atoms with Gasteiger partial charge < -0.3 is 13.9 Å². The van der Waals surface area contributed by atoms with E-state index in [0.29, 0.717) is 19.1 Å². The molecule has 2 aromatic carbocycles. The van der Waals surface area contributed by atoms with Crippen molar-refractivity contribution in [2.45, 2.75) is 13.2 Å². The predicted molar refractivity (Wildman–Crippen MR) is 101 cm³/mol. The monoisotopic (exact) mass is 358 g/mol. The van der Waals surface area contributed by atoms with Crippen LogP contribution in [-0.4, -0.2) is 9.97 Å². The van der Waals surface area contributed by atoms with Gasteiger partial charge in [0, 0.05) is 11.8 Å². The van der Waals surface area contributed by atoms with Crippen LogP contribution in [0.15, 0.2) is 89.7 Å². The zero-order chi connectivity index (χ0) is 18.3. The van der Waals surface area contributed by atoms with Crippen LogP contribution in [0.5, 0.6) is 11.5 Å². The smallest absolute Gasteiger partial charge is 0.226 e. The van der Waals surface area contributed by atoms with Gasteiger partial charge in [-0.1, -0.05) is 30.3 Å². The molecule has 2 heterocycles. The first kappa shape index (κ1) is 17.0. The Morgan fingerprint density at radius 1 is 0.778 bits per heavy atom. The van der Waals surface area contributed by atoms with E-state index in [1.807, 2.05) is 72.8 Å². The summed E-state index contributed by atoms with van der Waals surface area (Å²) in [5.41, 5.74) is 2.46. The Labute approximate surface area is 157 Å². The van der Waals surface area contributed by atoms with E-state index in [1.165, 1.54) is 0 Å². The van der Waals surface area contributed by atoms with E-state index in [9.17, 15) is 0 Å². The van der Waals surface area contributed by atoms with Gasteiger partial charge in [0.1, 0.15) is 23.5 Å². The van der Waals surface area contributed by atoms with Crippen molar-refractivity contribution in [1.29, 1.82) is 0 Å². The van der Waals surface area contributed by atoms with E-state index in [4.69, 9.17) is 13.9 Å². The number of ether oxygens (including phenoxy) is 2. The Bertz CT molecular complexity index is 985.